The summed E-state index contributed by atoms with van der Waals surface area (Å²) in [7, 11) is 1.36. The van der Waals surface area contributed by atoms with Crippen LogP contribution in [0.2, 0.25) is 0 Å². The number of nitrogens with two attached hydrogens (primary N) is 1. The number of hydrogen-bond acceptors (Lipinski definition) is 5. The summed E-state index contributed by atoms with van der Waals surface area (Å²) < 4.78 is 15.6. The Morgan fingerprint density at radius 1 is 1.26 bits per heavy atom. The largest absolute Gasteiger partial charge is 0.494 e. The van der Waals surface area contributed by atoms with E-state index in [4.69, 9.17) is 15.2 Å². The van der Waals surface area contributed by atoms with E-state index >= 15 is 0 Å². The normalized spacial score (nSPS) is 11.9. The molecule has 1 atom stereocenters. The van der Waals surface area contributed by atoms with Gasteiger partial charge >= 0.3 is 5.97 Å². The lowest BCUT2D eigenvalue weighted by Crippen LogP contribution is -2.21. The Kier molecular flexibility index (Phi) is 6.92. The Labute approximate surface area is 113 Å². The van der Waals surface area contributed by atoms with Gasteiger partial charge in [0.25, 0.3) is 0 Å². The van der Waals surface area contributed by atoms with Gasteiger partial charge in [-0.1, -0.05) is 0 Å². The van der Waals surface area contributed by atoms with Crippen LogP contribution in [0, 0.1) is 0 Å². The molecule has 0 aliphatic heterocycles. The Hall–Kier alpha value is -1.59. The van der Waals surface area contributed by atoms with Crippen LogP contribution < -0.4 is 10.5 Å². The van der Waals surface area contributed by atoms with E-state index in [-0.39, 0.29) is 12.1 Å². The molecule has 0 fully saturated rings. The van der Waals surface area contributed by atoms with Crippen LogP contribution in [0.15, 0.2) is 24.3 Å². The zero-order chi connectivity index (χ0) is 14.1. The average molecular weight is 267 g/mol. The second-order valence-corrected chi connectivity index (χ2v) is 4.14. The number of ether oxygens (including phenoxy) is 3. The zero-order valence-corrected chi connectivity index (χ0v) is 11.4. The number of carbonyl (C=O) groups is 1. The topological polar surface area (TPSA) is 70.8 Å². The quantitative estimate of drug-likeness (QED) is 0.572. The SMILES string of the molecule is COC(=O)c1ccc(OCCCOC(C)CN)cc1. The molecular weight excluding hydrogens is 246 g/mol. The fraction of sp³-hybridized carbons (Fsp3) is 0.500. The van der Waals surface area contributed by atoms with Crippen molar-refractivity contribution in [3.8, 4) is 5.75 Å². The summed E-state index contributed by atoms with van der Waals surface area (Å²) in [6, 6.07) is 6.84. The maximum Gasteiger partial charge on any atom is 0.337 e. The number of methoxy groups -OCH3 is 1. The molecule has 5 heteroatoms. The maximum atomic E-state index is 11.2. The lowest BCUT2D eigenvalue weighted by atomic mass is 10.2. The number of carbonyl (C=O) groups excluding carboxylic acids is 1. The smallest absolute Gasteiger partial charge is 0.337 e. The van der Waals surface area contributed by atoms with Crippen molar-refractivity contribution in [3.05, 3.63) is 29.8 Å². The van der Waals surface area contributed by atoms with E-state index in [9.17, 15) is 4.79 Å². The van der Waals surface area contributed by atoms with Gasteiger partial charge in [-0.25, -0.2) is 4.79 Å². The standard InChI is InChI=1S/C14H21NO4/c1-11(10-15)18-8-3-9-19-13-6-4-12(5-7-13)14(16)17-2/h4-7,11H,3,8-10,15H2,1-2H3. The summed E-state index contributed by atoms with van der Waals surface area (Å²) in [4.78, 5) is 11.2. The van der Waals surface area contributed by atoms with Crippen molar-refractivity contribution >= 4 is 5.97 Å². The lowest BCUT2D eigenvalue weighted by molar-refractivity contribution is 0.0600. The molecule has 0 heterocycles. The van der Waals surface area contributed by atoms with Gasteiger partial charge in [-0.15, -0.1) is 0 Å². The molecule has 106 valence electrons. The van der Waals surface area contributed by atoms with Gasteiger partial charge in [-0.2, -0.15) is 0 Å². The third-order valence-electron chi connectivity index (χ3n) is 2.57. The molecule has 0 saturated heterocycles. The van der Waals surface area contributed by atoms with Gasteiger partial charge in [0.2, 0.25) is 0 Å². The highest BCUT2D eigenvalue weighted by Gasteiger charge is 2.04. The van der Waals surface area contributed by atoms with Crippen molar-refractivity contribution in [2.45, 2.75) is 19.4 Å². The van der Waals surface area contributed by atoms with Crippen LogP contribution in [0.5, 0.6) is 5.75 Å². The molecule has 0 bridgehead atoms. The van der Waals surface area contributed by atoms with Crippen LogP contribution in [-0.4, -0.2) is 38.9 Å². The summed E-state index contributed by atoms with van der Waals surface area (Å²) >= 11 is 0. The van der Waals surface area contributed by atoms with Crippen molar-refractivity contribution in [2.75, 3.05) is 26.9 Å². The number of rotatable bonds is 8. The molecule has 2 N–H and O–H groups in total. The fourth-order valence-corrected chi connectivity index (χ4v) is 1.41. The van der Waals surface area contributed by atoms with E-state index < -0.39 is 0 Å². The van der Waals surface area contributed by atoms with Gasteiger partial charge in [0.15, 0.2) is 0 Å². The van der Waals surface area contributed by atoms with E-state index in [1.54, 1.807) is 24.3 Å². The molecule has 0 aliphatic carbocycles. The highest BCUT2D eigenvalue weighted by molar-refractivity contribution is 5.89. The molecule has 1 aromatic carbocycles. The van der Waals surface area contributed by atoms with Crippen LogP contribution in [-0.2, 0) is 9.47 Å². The Morgan fingerprint density at radius 3 is 2.53 bits per heavy atom. The van der Waals surface area contributed by atoms with Crippen molar-refractivity contribution in [1.82, 2.24) is 0 Å². The molecule has 0 aromatic heterocycles. The summed E-state index contributed by atoms with van der Waals surface area (Å²) in [5, 5.41) is 0. The molecule has 0 aliphatic rings. The minimum absolute atomic E-state index is 0.0827. The van der Waals surface area contributed by atoms with E-state index in [0.29, 0.717) is 25.3 Å². The second kappa shape index (κ2) is 8.50. The first kappa shape index (κ1) is 15.5. The molecule has 0 radical (unpaired) electrons. The number of benzene rings is 1. The molecule has 5 nitrogen and oxygen atoms in total. The Balaban J connectivity index is 2.25. The van der Waals surface area contributed by atoms with Crippen molar-refractivity contribution in [2.24, 2.45) is 5.73 Å². The summed E-state index contributed by atoms with van der Waals surface area (Å²) in [6.07, 6.45) is 0.877. The first-order valence-corrected chi connectivity index (χ1v) is 6.30. The number of esters is 1. The highest BCUT2D eigenvalue weighted by atomic mass is 16.5. The molecule has 1 unspecified atom stereocenters. The maximum absolute atomic E-state index is 11.2. The third-order valence-corrected chi connectivity index (χ3v) is 2.57. The van der Waals surface area contributed by atoms with Crippen LogP contribution in [0.1, 0.15) is 23.7 Å². The first-order chi connectivity index (χ1) is 9.17. The monoisotopic (exact) mass is 267 g/mol. The molecule has 0 saturated carbocycles. The van der Waals surface area contributed by atoms with E-state index in [0.717, 1.165) is 12.2 Å². The molecule has 19 heavy (non-hydrogen) atoms. The predicted octanol–water partition coefficient (Wildman–Crippen LogP) is 1.61. The van der Waals surface area contributed by atoms with Gasteiger partial charge in [-0.3, -0.25) is 0 Å². The van der Waals surface area contributed by atoms with Gasteiger partial charge in [-0.05, 0) is 31.2 Å². The molecule has 0 amide bonds. The van der Waals surface area contributed by atoms with Crippen LogP contribution in [0.25, 0.3) is 0 Å². The summed E-state index contributed by atoms with van der Waals surface area (Å²) in [6.45, 7) is 3.65. The fourth-order valence-electron chi connectivity index (χ4n) is 1.41. The van der Waals surface area contributed by atoms with E-state index in [1.165, 1.54) is 7.11 Å². The predicted molar refractivity (Wildman–Crippen MR) is 72.4 cm³/mol. The molecular formula is C14H21NO4. The molecule has 1 rings (SSSR count). The first-order valence-electron chi connectivity index (χ1n) is 6.30. The van der Waals surface area contributed by atoms with Gasteiger partial charge < -0.3 is 19.9 Å². The van der Waals surface area contributed by atoms with E-state index in [1.807, 2.05) is 6.92 Å². The van der Waals surface area contributed by atoms with Crippen molar-refractivity contribution < 1.29 is 19.0 Å². The Bertz CT molecular complexity index is 378. The van der Waals surface area contributed by atoms with Crippen molar-refractivity contribution in [3.63, 3.8) is 0 Å². The van der Waals surface area contributed by atoms with Crippen molar-refractivity contribution in [1.29, 1.82) is 0 Å². The Morgan fingerprint density at radius 2 is 1.95 bits per heavy atom. The van der Waals surface area contributed by atoms with Gasteiger partial charge in [0, 0.05) is 13.0 Å². The second-order valence-electron chi connectivity index (χ2n) is 4.14. The van der Waals surface area contributed by atoms with Crippen LogP contribution in [0.4, 0.5) is 0 Å². The highest BCUT2D eigenvalue weighted by Crippen LogP contribution is 2.13. The number of hydrogen-bond donors (Lipinski definition) is 1. The van der Waals surface area contributed by atoms with E-state index in [2.05, 4.69) is 4.74 Å². The van der Waals surface area contributed by atoms with Crippen LogP contribution in [0.3, 0.4) is 0 Å². The zero-order valence-electron chi connectivity index (χ0n) is 11.4. The third kappa shape index (κ3) is 5.72. The van der Waals surface area contributed by atoms with Gasteiger partial charge in [0.05, 0.1) is 32.0 Å². The summed E-state index contributed by atoms with van der Waals surface area (Å²) in [5.41, 5.74) is 5.94. The van der Waals surface area contributed by atoms with Crippen LogP contribution >= 0.6 is 0 Å². The average Bonchev–Trinajstić information content (AvgIpc) is 2.46. The molecule has 1 aromatic rings. The van der Waals surface area contributed by atoms with Gasteiger partial charge in [0.1, 0.15) is 5.75 Å². The molecule has 0 spiro atoms. The summed E-state index contributed by atoms with van der Waals surface area (Å²) in [5.74, 6) is 0.371. The lowest BCUT2D eigenvalue weighted by Gasteiger charge is -2.11. The minimum atomic E-state index is -0.351. The minimum Gasteiger partial charge on any atom is -0.494 e.